The topological polar surface area (TPSA) is 41.5 Å². The smallest absolute Gasteiger partial charge is 0.386 e. The molecule has 1 fully saturated rings. The summed E-state index contributed by atoms with van der Waals surface area (Å²) in [5, 5.41) is 12.6. The molecule has 1 unspecified atom stereocenters. The Hall–Kier alpha value is -0.330. The number of halogens is 3. The van der Waals surface area contributed by atoms with Gasteiger partial charge in [-0.25, -0.2) is 0 Å². The highest BCUT2D eigenvalue weighted by atomic mass is 19.4. The Labute approximate surface area is 86.6 Å². The van der Waals surface area contributed by atoms with Crippen LogP contribution in [0.2, 0.25) is 0 Å². The Morgan fingerprint density at radius 2 is 2.13 bits per heavy atom. The summed E-state index contributed by atoms with van der Waals surface area (Å²) in [7, 11) is 0. The number of ether oxygens (including phenoxy) is 1. The molecule has 1 heterocycles. The molecule has 0 radical (unpaired) electrons. The lowest BCUT2D eigenvalue weighted by atomic mass is 10.0. The average Bonchev–Trinajstić information content (AvgIpc) is 2.50. The van der Waals surface area contributed by atoms with Gasteiger partial charge in [-0.05, 0) is 13.0 Å². The molecule has 0 aromatic carbocycles. The quantitative estimate of drug-likeness (QED) is 0.690. The van der Waals surface area contributed by atoms with Crippen molar-refractivity contribution >= 4 is 0 Å². The third kappa shape index (κ3) is 5.34. The first-order valence-electron chi connectivity index (χ1n) is 4.99. The summed E-state index contributed by atoms with van der Waals surface area (Å²) in [5.41, 5.74) is -0.891. The highest BCUT2D eigenvalue weighted by Gasteiger charge is 2.31. The van der Waals surface area contributed by atoms with E-state index >= 15 is 0 Å². The van der Waals surface area contributed by atoms with E-state index in [-0.39, 0.29) is 19.6 Å². The minimum Gasteiger partial charge on any atom is -0.386 e. The fourth-order valence-electron chi connectivity index (χ4n) is 1.47. The minimum atomic E-state index is -4.09. The molecule has 1 rings (SSSR count). The van der Waals surface area contributed by atoms with Crippen LogP contribution in [0.5, 0.6) is 0 Å². The van der Waals surface area contributed by atoms with Crippen molar-refractivity contribution in [1.29, 1.82) is 0 Å². The molecule has 0 saturated carbocycles. The second-order valence-corrected chi connectivity index (χ2v) is 3.92. The lowest BCUT2D eigenvalue weighted by molar-refractivity contribution is -0.135. The largest absolute Gasteiger partial charge is 0.389 e. The van der Waals surface area contributed by atoms with Gasteiger partial charge < -0.3 is 15.2 Å². The number of aliphatic hydroxyl groups is 1. The Morgan fingerprint density at radius 3 is 2.67 bits per heavy atom. The number of nitrogens with one attached hydrogen (secondary N) is 1. The molecule has 1 aliphatic heterocycles. The van der Waals surface area contributed by atoms with E-state index in [4.69, 9.17) is 4.74 Å². The molecule has 3 nitrogen and oxygen atoms in total. The molecule has 1 saturated heterocycles. The normalized spacial score (nSPS) is 27.2. The number of hydrogen-bond acceptors (Lipinski definition) is 3. The molecule has 0 aromatic rings. The molecular weight excluding hydrogens is 211 g/mol. The summed E-state index contributed by atoms with van der Waals surface area (Å²) in [4.78, 5) is 0. The zero-order valence-electron chi connectivity index (χ0n) is 8.44. The van der Waals surface area contributed by atoms with Gasteiger partial charge in [0, 0.05) is 26.0 Å². The molecule has 2 N–H and O–H groups in total. The van der Waals surface area contributed by atoms with Crippen LogP contribution >= 0.6 is 0 Å². The zero-order chi connectivity index (χ0) is 11.4. The van der Waals surface area contributed by atoms with Crippen LogP contribution < -0.4 is 5.32 Å². The molecule has 0 aromatic heterocycles. The van der Waals surface area contributed by atoms with E-state index in [1.807, 2.05) is 0 Å². The van der Waals surface area contributed by atoms with Crippen molar-refractivity contribution in [3.05, 3.63) is 0 Å². The van der Waals surface area contributed by atoms with E-state index in [2.05, 4.69) is 5.32 Å². The Bertz CT molecular complexity index is 190. The van der Waals surface area contributed by atoms with Crippen molar-refractivity contribution in [3.63, 3.8) is 0 Å². The summed E-state index contributed by atoms with van der Waals surface area (Å²) >= 11 is 0. The van der Waals surface area contributed by atoms with E-state index in [1.54, 1.807) is 0 Å². The second-order valence-electron chi connectivity index (χ2n) is 3.92. The first-order chi connectivity index (χ1) is 6.91. The highest BCUT2D eigenvalue weighted by Crippen LogP contribution is 2.21. The third-order valence-corrected chi connectivity index (χ3v) is 2.35. The first kappa shape index (κ1) is 12.7. The van der Waals surface area contributed by atoms with E-state index < -0.39 is 18.2 Å². The van der Waals surface area contributed by atoms with E-state index in [9.17, 15) is 18.3 Å². The standard InChI is InChI=1S/C9H16F3NO2/c10-9(11,12)2-1-4-13-6-8(14)3-5-15-7-8/h13-14H,1-7H2. The molecule has 0 aliphatic carbocycles. The van der Waals surface area contributed by atoms with E-state index in [0.717, 1.165) is 0 Å². The molecule has 0 amide bonds. The van der Waals surface area contributed by atoms with Crippen molar-refractivity contribution in [1.82, 2.24) is 5.32 Å². The van der Waals surface area contributed by atoms with Crippen molar-refractivity contribution in [3.8, 4) is 0 Å². The molecule has 90 valence electrons. The zero-order valence-corrected chi connectivity index (χ0v) is 8.44. The second kappa shape index (κ2) is 5.14. The predicted molar refractivity (Wildman–Crippen MR) is 48.5 cm³/mol. The van der Waals surface area contributed by atoms with Gasteiger partial charge in [0.1, 0.15) is 5.60 Å². The van der Waals surface area contributed by atoms with Gasteiger partial charge in [0.05, 0.1) is 6.61 Å². The van der Waals surface area contributed by atoms with Gasteiger partial charge in [0.15, 0.2) is 0 Å². The van der Waals surface area contributed by atoms with E-state index in [0.29, 0.717) is 19.6 Å². The van der Waals surface area contributed by atoms with Crippen LogP contribution in [0.15, 0.2) is 0 Å². The Balaban J connectivity index is 2.02. The summed E-state index contributed by atoms with van der Waals surface area (Å²) in [6.45, 7) is 1.34. The summed E-state index contributed by atoms with van der Waals surface area (Å²) in [6, 6.07) is 0. The Kier molecular flexibility index (Phi) is 4.36. The number of alkyl halides is 3. The first-order valence-corrected chi connectivity index (χ1v) is 4.99. The summed E-state index contributed by atoms with van der Waals surface area (Å²) in [5.74, 6) is 0. The van der Waals surface area contributed by atoms with Gasteiger partial charge in [-0.3, -0.25) is 0 Å². The summed E-state index contributed by atoms with van der Waals surface area (Å²) < 4.78 is 40.3. The van der Waals surface area contributed by atoms with Crippen LogP contribution in [-0.4, -0.2) is 43.2 Å². The lowest BCUT2D eigenvalue weighted by Crippen LogP contribution is -2.41. The fraction of sp³-hybridized carbons (Fsp3) is 1.00. The van der Waals surface area contributed by atoms with Crippen LogP contribution in [0, 0.1) is 0 Å². The van der Waals surface area contributed by atoms with Crippen molar-refractivity contribution in [2.75, 3.05) is 26.3 Å². The molecule has 15 heavy (non-hydrogen) atoms. The van der Waals surface area contributed by atoms with Crippen LogP contribution in [0.4, 0.5) is 13.2 Å². The maximum Gasteiger partial charge on any atom is 0.389 e. The fourth-order valence-corrected chi connectivity index (χ4v) is 1.47. The molecule has 1 atom stereocenters. The maximum absolute atomic E-state index is 11.8. The Morgan fingerprint density at radius 1 is 1.40 bits per heavy atom. The molecule has 0 spiro atoms. The van der Waals surface area contributed by atoms with Gasteiger partial charge in [0.25, 0.3) is 0 Å². The van der Waals surface area contributed by atoms with Gasteiger partial charge in [0.2, 0.25) is 0 Å². The van der Waals surface area contributed by atoms with Crippen molar-refractivity contribution in [2.24, 2.45) is 0 Å². The van der Waals surface area contributed by atoms with E-state index in [1.165, 1.54) is 0 Å². The van der Waals surface area contributed by atoms with Crippen molar-refractivity contribution < 1.29 is 23.0 Å². The van der Waals surface area contributed by atoms with Gasteiger partial charge in [-0.2, -0.15) is 13.2 Å². The highest BCUT2D eigenvalue weighted by molar-refractivity contribution is 4.84. The summed E-state index contributed by atoms with van der Waals surface area (Å²) in [6.07, 6.45) is -4.29. The number of rotatable bonds is 5. The van der Waals surface area contributed by atoms with Crippen LogP contribution in [0.1, 0.15) is 19.3 Å². The molecule has 6 heteroatoms. The maximum atomic E-state index is 11.8. The number of hydrogen-bond donors (Lipinski definition) is 2. The van der Waals surface area contributed by atoms with Crippen LogP contribution in [-0.2, 0) is 4.74 Å². The average molecular weight is 227 g/mol. The monoisotopic (exact) mass is 227 g/mol. The molecule has 0 bridgehead atoms. The van der Waals surface area contributed by atoms with Gasteiger partial charge in [-0.1, -0.05) is 0 Å². The van der Waals surface area contributed by atoms with Gasteiger partial charge in [-0.15, -0.1) is 0 Å². The third-order valence-electron chi connectivity index (χ3n) is 2.35. The molecule has 1 aliphatic rings. The van der Waals surface area contributed by atoms with Gasteiger partial charge >= 0.3 is 6.18 Å². The lowest BCUT2D eigenvalue weighted by Gasteiger charge is -2.20. The molecular formula is C9H16F3NO2. The van der Waals surface area contributed by atoms with Crippen molar-refractivity contribution in [2.45, 2.75) is 31.0 Å². The minimum absolute atomic E-state index is 0.0421. The SMILES string of the molecule is OC1(CNCCCC(F)(F)F)CCOC1. The van der Waals surface area contributed by atoms with Crippen LogP contribution in [0.3, 0.4) is 0 Å². The predicted octanol–water partition coefficient (Wildman–Crippen LogP) is 1.07. The van der Waals surface area contributed by atoms with Crippen LogP contribution in [0.25, 0.3) is 0 Å².